The fourth-order valence-corrected chi connectivity index (χ4v) is 7.93. The molecule has 212 valence electrons. The van der Waals surface area contributed by atoms with Crippen LogP contribution in [0.2, 0.25) is 0 Å². The highest BCUT2D eigenvalue weighted by atomic mass is 32.2. The molecule has 1 aromatic heterocycles. The lowest BCUT2D eigenvalue weighted by Gasteiger charge is -2.34. The normalized spacial score (nSPS) is 18.5. The van der Waals surface area contributed by atoms with Gasteiger partial charge in [-0.25, -0.2) is 13.4 Å². The third-order valence-corrected chi connectivity index (χ3v) is 10.1. The predicted molar refractivity (Wildman–Crippen MR) is 158 cm³/mol. The molecule has 1 aliphatic heterocycles. The van der Waals surface area contributed by atoms with E-state index in [9.17, 15) is 13.2 Å². The Morgan fingerprint density at radius 1 is 1.03 bits per heavy atom. The molecule has 0 bridgehead atoms. The number of ether oxygens (including phenoxy) is 1. The van der Waals surface area contributed by atoms with E-state index in [-0.39, 0.29) is 10.8 Å². The number of rotatable bonds is 11. The molecule has 10 heteroatoms. The summed E-state index contributed by atoms with van der Waals surface area (Å²) >= 11 is 1.45. The van der Waals surface area contributed by atoms with Crippen LogP contribution in [0.4, 0.5) is 5.13 Å². The number of aromatic nitrogens is 1. The molecule has 0 N–H and O–H groups in total. The van der Waals surface area contributed by atoms with Crippen molar-refractivity contribution in [1.29, 1.82) is 0 Å². The fourth-order valence-electron chi connectivity index (χ4n) is 5.24. The molecule has 2 unspecified atom stereocenters. The highest BCUT2D eigenvalue weighted by molar-refractivity contribution is 7.89. The van der Waals surface area contributed by atoms with Crippen molar-refractivity contribution in [3.05, 3.63) is 48.0 Å². The number of para-hydroxylation sites is 1. The largest absolute Gasteiger partial charge is 0.492 e. The Kier molecular flexibility index (Phi) is 9.64. The van der Waals surface area contributed by atoms with Crippen molar-refractivity contribution in [3.8, 4) is 5.75 Å². The smallest absolute Gasteiger partial charge is 0.260 e. The molecule has 0 radical (unpaired) electrons. The lowest BCUT2D eigenvalue weighted by Crippen LogP contribution is -2.42. The number of hydrogen-bond acceptors (Lipinski definition) is 7. The van der Waals surface area contributed by atoms with Crippen molar-refractivity contribution in [3.63, 3.8) is 0 Å². The topological polar surface area (TPSA) is 83.0 Å². The van der Waals surface area contributed by atoms with Gasteiger partial charge >= 0.3 is 0 Å². The first kappa shape index (κ1) is 29.5. The van der Waals surface area contributed by atoms with Crippen LogP contribution in [0.15, 0.2) is 47.4 Å². The second kappa shape index (κ2) is 12.8. The molecule has 0 aliphatic carbocycles. The molecule has 0 spiro atoms. The van der Waals surface area contributed by atoms with E-state index in [0.29, 0.717) is 61.1 Å². The Balaban J connectivity index is 1.63. The van der Waals surface area contributed by atoms with Crippen molar-refractivity contribution < 1.29 is 17.9 Å². The molecule has 1 amide bonds. The maximum absolute atomic E-state index is 13.9. The van der Waals surface area contributed by atoms with E-state index in [1.54, 1.807) is 33.5 Å². The van der Waals surface area contributed by atoms with E-state index < -0.39 is 10.0 Å². The van der Waals surface area contributed by atoms with E-state index in [4.69, 9.17) is 9.72 Å². The second-order valence-corrected chi connectivity index (χ2v) is 13.3. The average molecular weight is 573 g/mol. The van der Waals surface area contributed by atoms with E-state index in [1.165, 1.54) is 11.3 Å². The van der Waals surface area contributed by atoms with Crippen LogP contribution in [-0.2, 0) is 10.0 Å². The highest BCUT2D eigenvalue weighted by Crippen LogP contribution is 2.35. The first-order chi connectivity index (χ1) is 18.7. The zero-order chi connectivity index (χ0) is 28.2. The molecular formula is C29H40N4O4S2. The van der Waals surface area contributed by atoms with Crippen molar-refractivity contribution in [2.24, 2.45) is 11.8 Å². The molecule has 2 heterocycles. The number of carbonyl (C=O) groups is 1. The van der Waals surface area contributed by atoms with Gasteiger partial charge in [0.2, 0.25) is 10.0 Å². The molecule has 39 heavy (non-hydrogen) atoms. The Bertz CT molecular complexity index is 1360. The van der Waals surface area contributed by atoms with E-state index in [0.717, 1.165) is 29.7 Å². The van der Waals surface area contributed by atoms with Crippen molar-refractivity contribution >= 4 is 42.6 Å². The third-order valence-electron chi connectivity index (χ3n) is 7.26. The summed E-state index contributed by atoms with van der Waals surface area (Å²) < 4.78 is 35.0. The van der Waals surface area contributed by atoms with E-state index in [2.05, 4.69) is 32.6 Å². The van der Waals surface area contributed by atoms with Crippen LogP contribution in [0.25, 0.3) is 10.2 Å². The average Bonchev–Trinajstić information content (AvgIpc) is 3.35. The monoisotopic (exact) mass is 572 g/mol. The number of sulfonamides is 1. The minimum atomic E-state index is -3.62. The van der Waals surface area contributed by atoms with Gasteiger partial charge in [-0.3, -0.25) is 9.69 Å². The minimum Gasteiger partial charge on any atom is -0.492 e. The van der Waals surface area contributed by atoms with Crippen molar-refractivity contribution in [2.75, 3.05) is 50.8 Å². The molecule has 3 aromatic rings. The maximum atomic E-state index is 13.9. The van der Waals surface area contributed by atoms with Gasteiger partial charge in [0.25, 0.3) is 5.91 Å². The lowest BCUT2D eigenvalue weighted by atomic mass is 9.94. The number of carbonyl (C=O) groups excluding carboxylic acids is 1. The Hall–Kier alpha value is -2.53. The molecule has 2 aromatic carbocycles. The lowest BCUT2D eigenvalue weighted by molar-refractivity contribution is 0.0983. The molecule has 2 atom stereocenters. The zero-order valence-electron chi connectivity index (χ0n) is 23.6. The van der Waals surface area contributed by atoms with Crippen LogP contribution in [0.5, 0.6) is 5.75 Å². The van der Waals surface area contributed by atoms with E-state index >= 15 is 0 Å². The molecule has 0 saturated carbocycles. The molecular weight excluding hydrogens is 532 g/mol. The molecule has 8 nitrogen and oxygen atoms in total. The van der Waals surface area contributed by atoms with Crippen LogP contribution in [0, 0.1) is 11.8 Å². The van der Waals surface area contributed by atoms with Crippen LogP contribution in [0.3, 0.4) is 0 Å². The zero-order valence-corrected chi connectivity index (χ0v) is 25.2. The van der Waals surface area contributed by atoms with Gasteiger partial charge in [-0.15, -0.1) is 0 Å². The summed E-state index contributed by atoms with van der Waals surface area (Å²) in [5, 5.41) is 0.599. The van der Waals surface area contributed by atoms with Gasteiger partial charge in [-0.05, 0) is 74.7 Å². The number of amides is 1. The summed E-state index contributed by atoms with van der Waals surface area (Å²) in [5.74, 6) is 1.13. The molecule has 4 rings (SSSR count). The number of thiazole rings is 1. The number of benzene rings is 2. The van der Waals surface area contributed by atoms with Crippen LogP contribution in [-0.4, -0.2) is 74.4 Å². The van der Waals surface area contributed by atoms with Crippen molar-refractivity contribution in [1.82, 2.24) is 14.2 Å². The Morgan fingerprint density at radius 3 is 2.31 bits per heavy atom. The number of hydrogen-bond donors (Lipinski definition) is 0. The predicted octanol–water partition coefficient (Wildman–Crippen LogP) is 5.35. The molecule has 1 fully saturated rings. The minimum absolute atomic E-state index is 0.205. The standard InChI is InChI=1S/C29H40N4O4S2/c1-6-31(7-2)16-17-33(29-30-27-25(37-8-3)10-9-11-26(27)38-29)28(34)23-12-14-24(15-13-23)39(35,36)32-19-21(4)18-22(5)20-32/h9-15,21-22H,6-8,16-20H2,1-5H3. The SMILES string of the molecule is CCOc1cccc2sc(N(CCN(CC)CC)C(=O)c3ccc(S(=O)(=O)N4CC(C)CC(C)C4)cc3)nc12. The Morgan fingerprint density at radius 2 is 1.69 bits per heavy atom. The van der Waals surface area contributed by atoms with Crippen molar-refractivity contribution in [2.45, 2.75) is 45.9 Å². The summed E-state index contributed by atoms with van der Waals surface area (Å²) in [5.41, 5.74) is 1.17. The summed E-state index contributed by atoms with van der Waals surface area (Å²) in [6, 6.07) is 12.2. The second-order valence-electron chi connectivity index (χ2n) is 10.3. The highest BCUT2D eigenvalue weighted by Gasteiger charge is 2.32. The van der Waals surface area contributed by atoms with Crippen LogP contribution in [0.1, 0.15) is 51.4 Å². The summed E-state index contributed by atoms with van der Waals surface area (Å²) in [6.07, 6.45) is 1.03. The first-order valence-corrected chi connectivity index (χ1v) is 16.1. The number of fused-ring (bicyclic) bond motifs is 1. The Labute approximate surface area is 236 Å². The van der Waals surface area contributed by atoms with E-state index in [1.807, 2.05) is 25.1 Å². The third kappa shape index (κ3) is 6.62. The number of nitrogens with zero attached hydrogens (tertiary/aromatic N) is 4. The van der Waals surface area contributed by atoms with Gasteiger partial charge in [-0.1, -0.05) is 45.1 Å². The van der Waals surface area contributed by atoms with Gasteiger partial charge in [0.15, 0.2) is 5.13 Å². The number of piperidine rings is 1. The summed E-state index contributed by atoms with van der Waals surface area (Å²) in [6.45, 7) is 14.8. The molecule has 1 aliphatic rings. The quantitative estimate of drug-likeness (QED) is 0.308. The number of likely N-dealkylation sites (N-methyl/N-ethyl adjacent to an activating group) is 1. The van der Waals surface area contributed by atoms with Gasteiger partial charge in [-0.2, -0.15) is 4.31 Å². The fraction of sp³-hybridized carbons (Fsp3) is 0.517. The molecule has 1 saturated heterocycles. The maximum Gasteiger partial charge on any atom is 0.260 e. The number of anilines is 1. The first-order valence-electron chi connectivity index (χ1n) is 13.8. The summed E-state index contributed by atoms with van der Waals surface area (Å²) in [7, 11) is -3.62. The van der Waals surface area contributed by atoms with Gasteiger partial charge in [0.1, 0.15) is 11.3 Å². The van der Waals surface area contributed by atoms with Gasteiger partial charge < -0.3 is 9.64 Å². The van der Waals surface area contributed by atoms with Gasteiger partial charge in [0.05, 0.1) is 16.2 Å². The van der Waals surface area contributed by atoms with Gasteiger partial charge in [0, 0.05) is 31.7 Å². The summed E-state index contributed by atoms with van der Waals surface area (Å²) in [4.78, 5) is 22.9. The van der Waals surface area contributed by atoms with Crippen LogP contribution < -0.4 is 9.64 Å². The van der Waals surface area contributed by atoms with Crippen LogP contribution >= 0.6 is 11.3 Å².